The topological polar surface area (TPSA) is 56.8 Å². The van der Waals surface area contributed by atoms with Gasteiger partial charge in [0.2, 0.25) is 0 Å². The fourth-order valence-electron chi connectivity index (χ4n) is 2.41. The van der Waals surface area contributed by atoms with Gasteiger partial charge in [-0.15, -0.1) is 0 Å². The van der Waals surface area contributed by atoms with E-state index in [4.69, 9.17) is 13.8 Å². The van der Waals surface area contributed by atoms with Crippen molar-refractivity contribution in [1.82, 2.24) is 0 Å². The fourth-order valence-corrected chi connectivity index (χ4v) is 4.75. The largest absolute Gasteiger partial charge is 0.497 e. The van der Waals surface area contributed by atoms with Gasteiger partial charge in [0.05, 0.1) is 20.3 Å². The highest BCUT2D eigenvalue weighted by Crippen LogP contribution is 2.60. The highest BCUT2D eigenvalue weighted by atomic mass is 79.9. The van der Waals surface area contributed by atoms with Gasteiger partial charge in [0.15, 0.2) is 5.78 Å². The molecule has 0 fully saturated rings. The molecule has 7 heteroatoms. The normalized spacial score (nSPS) is 12.6. The Morgan fingerprint density at radius 2 is 1.72 bits per heavy atom. The van der Waals surface area contributed by atoms with Crippen molar-refractivity contribution < 1.29 is 18.3 Å². The predicted octanol–water partition coefficient (Wildman–Crippen LogP) is 5.83. The number of halogens is 1. The first-order chi connectivity index (χ1) is 12.0. The van der Waals surface area contributed by atoms with Crippen LogP contribution in [0.4, 0.5) is 5.69 Å². The molecule has 2 aromatic carbocycles. The Hall–Kier alpha value is -1.33. The van der Waals surface area contributed by atoms with E-state index < -0.39 is 13.4 Å². The Bertz CT molecular complexity index is 713. The second-order valence-electron chi connectivity index (χ2n) is 5.21. The number of hydrogen-bond acceptors (Lipinski definition) is 5. The zero-order valence-corrected chi connectivity index (χ0v) is 17.0. The monoisotopic (exact) mass is 427 g/mol. The van der Waals surface area contributed by atoms with Crippen LogP contribution in [-0.2, 0) is 13.6 Å². The third kappa shape index (κ3) is 5.32. The first-order valence-corrected chi connectivity index (χ1v) is 10.5. The van der Waals surface area contributed by atoms with Crippen LogP contribution in [0.1, 0.15) is 25.2 Å². The summed E-state index contributed by atoms with van der Waals surface area (Å²) >= 11 is 3.45. The van der Waals surface area contributed by atoms with Crippen LogP contribution in [0.15, 0.2) is 53.0 Å². The summed E-state index contributed by atoms with van der Waals surface area (Å²) in [6.45, 7) is 4.19. The Morgan fingerprint density at radius 3 is 2.24 bits per heavy atom. The van der Waals surface area contributed by atoms with Crippen LogP contribution in [0.5, 0.6) is 5.75 Å². The highest BCUT2D eigenvalue weighted by Gasteiger charge is 2.37. The van der Waals surface area contributed by atoms with Gasteiger partial charge in [0.25, 0.3) is 0 Å². The predicted molar refractivity (Wildman–Crippen MR) is 104 cm³/mol. The molecule has 0 radical (unpaired) electrons. The summed E-state index contributed by atoms with van der Waals surface area (Å²) < 4.78 is 30.7. The van der Waals surface area contributed by atoms with Crippen molar-refractivity contribution >= 4 is 29.2 Å². The summed E-state index contributed by atoms with van der Waals surface area (Å²) in [5.41, 5.74) is 1.61. The molecule has 0 aliphatic heterocycles. The van der Waals surface area contributed by atoms with Crippen molar-refractivity contribution in [2.45, 2.75) is 19.6 Å². The summed E-state index contributed by atoms with van der Waals surface area (Å²) in [5, 5.41) is 3.30. The molecule has 0 bridgehead atoms. The third-order valence-corrected chi connectivity index (χ3v) is 6.28. The lowest BCUT2D eigenvalue weighted by molar-refractivity contribution is 0.214. The maximum absolute atomic E-state index is 13.4. The second-order valence-corrected chi connectivity index (χ2v) is 8.23. The lowest BCUT2D eigenvalue weighted by Gasteiger charge is -2.28. The minimum Gasteiger partial charge on any atom is -0.497 e. The molecule has 0 aliphatic carbocycles. The third-order valence-electron chi connectivity index (χ3n) is 3.49. The first kappa shape index (κ1) is 20.0. The molecule has 0 amide bonds. The van der Waals surface area contributed by atoms with Crippen molar-refractivity contribution in [2.24, 2.45) is 0 Å². The van der Waals surface area contributed by atoms with Crippen LogP contribution >= 0.6 is 23.5 Å². The van der Waals surface area contributed by atoms with E-state index in [0.717, 1.165) is 21.5 Å². The Labute approximate surface area is 157 Å². The van der Waals surface area contributed by atoms with E-state index in [1.807, 2.05) is 48.5 Å². The number of benzene rings is 2. The zero-order chi connectivity index (χ0) is 18.3. The molecule has 0 spiro atoms. The van der Waals surface area contributed by atoms with Gasteiger partial charge in [0, 0.05) is 10.2 Å². The van der Waals surface area contributed by atoms with E-state index in [-0.39, 0.29) is 0 Å². The smallest absolute Gasteiger partial charge is 0.357 e. The molecule has 25 heavy (non-hydrogen) atoms. The van der Waals surface area contributed by atoms with Gasteiger partial charge < -0.3 is 19.1 Å². The van der Waals surface area contributed by atoms with Gasteiger partial charge in [0.1, 0.15) is 5.75 Å². The Morgan fingerprint density at radius 1 is 1.08 bits per heavy atom. The average molecular weight is 428 g/mol. The van der Waals surface area contributed by atoms with Crippen LogP contribution in [0.3, 0.4) is 0 Å². The molecule has 0 aliphatic rings. The second kappa shape index (κ2) is 9.39. The van der Waals surface area contributed by atoms with Gasteiger partial charge in [-0.3, -0.25) is 4.57 Å². The van der Waals surface area contributed by atoms with Crippen LogP contribution in [0.25, 0.3) is 0 Å². The molecule has 1 unspecified atom stereocenters. The van der Waals surface area contributed by atoms with Crippen LogP contribution < -0.4 is 10.1 Å². The van der Waals surface area contributed by atoms with Gasteiger partial charge in [-0.05, 0) is 49.7 Å². The highest BCUT2D eigenvalue weighted by molar-refractivity contribution is 9.10. The molecule has 0 saturated carbocycles. The molecule has 1 N–H and O–H groups in total. The molecule has 0 saturated heterocycles. The minimum atomic E-state index is -3.42. The fraction of sp³-hybridized carbons (Fsp3) is 0.333. The van der Waals surface area contributed by atoms with Gasteiger partial charge in [-0.25, -0.2) is 0 Å². The Kier molecular flexibility index (Phi) is 7.51. The summed E-state index contributed by atoms with van der Waals surface area (Å²) in [5.74, 6) is 0.0974. The lowest BCUT2D eigenvalue weighted by Crippen LogP contribution is -2.15. The number of methoxy groups -OCH3 is 1. The van der Waals surface area contributed by atoms with Crippen LogP contribution in [0, 0.1) is 0 Å². The quantitative estimate of drug-likeness (QED) is 0.509. The Balaban J connectivity index is 2.43. The van der Waals surface area contributed by atoms with Crippen LogP contribution in [0.2, 0.25) is 0 Å². The number of anilines is 1. The number of rotatable bonds is 9. The van der Waals surface area contributed by atoms with Gasteiger partial charge in [-0.2, -0.15) is 0 Å². The molecule has 0 aromatic heterocycles. The van der Waals surface area contributed by atoms with E-state index in [1.54, 1.807) is 21.0 Å². The van der Waals surface area contributed by atoms with Gasteiger partial charge in [-0.1, -0.05) is 34.1 Å². The van der Waals surface area contributed by atoms with Crippen molar-refractivity contribution in [3.63, 3.8) is 0 Å². The molecule has 136 valence electrons. The summed E-state index contributed by atoms with van der Waals surface area (Å²) in [6, 6.07) is 15.0. The van der Waals surface area contributed by atoms with Crippen molar-refractivity contribution in [1.29, 1.82) is 0 Å². The van der Waals surface area contributed by atoms with E-state index in [9.17, 15) is 4.57 Å². The average Bonchev–Trinajstić information content (AvgIpc) is 2.60. The summed E-state index contributed by atoms with van der Waals surface area (Å²) in [4.78, 5) is 0. The van der Waals surface area contributed by atoms with Crippen molar-refractivity contribution in [2.75, 3.05) is 25.6 Å². The minimum absolute atomic E-state index is 0.296. The molecule has 5 nitrogen and oxygen atoms in total. The SMILES string of the molecule is CCOP(=O)(OCC)C(Nc1cccc(Br)c1)c1ccc(OC)cc1. The molecule has 1 atom stereocenters. The molecule has 2 aromatic rings. The number of ether oxygens (including phenoxy) is 1. The number of hydrogen-bond donors (Lipinski definition) is 1. The molecule has 2 rings (SSSR count). The van der Waals surface area contributed by atoms with Gasteiger partial charge >= 0.3 is 7.60 Å². The molecule has 0 heterocycles. The maximum atomic E-state index is 13.4. The zero-order valence-electron chi connectivity index (χ0n) is 14.6. The number of nitrogens with one attached hydrogen (secondary N) is 1. The molecular formula is C18H23BrNO4P. The van der Waals surface area contributed by atoms with E-state index in [1.165, 1.54) is 0 Å². The first-order valence-electron chi connectivity index (χ1n) is 8.07. The lowest BCUT2D eigenvalue weighted by atomic mass is 10.2. The van der Waals surface area contributed by atoms with E-state index >= 15 is 0 Å². The maximum Gasteiger partial charge on any atom is 0.357 e. The van der Waals surface area contributed by atoms with Crippen molar-refractivity contribution in [3.05, 3.63) is 58.6 Å². The summed E-state index contributed by atoms with van der Waals surface area (Å²) in [6.07, 6.45) is 0. The summed E-state index contributed by atoms with van der Waals surface area (Å²) in [7, 11) is -1.81. The van der Waals surface area contributed by atoms with Crippen LogP contribution in [-0.4, -0.2) is 20.3 Å². The molecular weight excluding hydrogens is 405 g/mol. The van der Waals surface area contributed by atoms with E-state index in [2.05, 4.69) is 21.2 Å². The van der Waals surface area contributed by atoms with Crippen molar-refractivity contribution in [3.8, 4) is 5.75 Å². The van der Waals surface area contributed by atoms with E-state index in [0.29, 0.717) is 13.2 Å². The standard InChI is InChI=1S/C18H23BrNO4P/c1-4-23-25(21,24-5-2)18(14-9-11-17(22-3)12-10-14)20-16-8-6-7-15(19)13-16/h6-13,18,20H,4-5H2,1-3H3.